The van der Waals surface area contributed by atoms with E-state index in [0.717, 1.165) is 47.4 Å². The highest BCUT2D eigenvalue weighted by molar-refractivity contribution is 6.33. The summed E-state index contributed by atoms with van der Waals surface area (Å²) >= 11 is 12.7. The van der Waals surface area contributed by atoms with Crippen molar-refractivity contribution < 1.29 is 0 Å². The number of nitrogens with zero attached hydrogens (tertiary/aromatic N) is 3. The van der Waals surface area contributed by atoms with E-state index >= 15 is 0 Å². The molecular formula is C15H11Cl2N3. The SMILES string of the molecule is Clc1ccccc1-c1cc2nc3c(c(Cl)n2n1)CCC3. The predicted octanol–water partition coefficient (Wildman–Crippen LogP) is 4.19. The van der Waals surface area contributed by atoms with Gasteiger partial charge in [0.2, 0.25) is 0 Å². The fourth-order valence-corrected chi connectivity index (χ4v) is 3.30. The van der Waals surface area contributed by atoms with Gasteiger partial charge in [0.05, 0.1) is 10.7 Å². The number of halogens is 2. The molecule has 3 aromatic rings. The van der Waals surface area contributed by atoms with Gasteiger partial charge in [-0.2, -0.15) is 5.10 Å². The summed E-state index contributed by atoms with van der Waals surface area (Å²) in [5.74, 6) is 0. The lowest BCUT2D eigenvalue weighted by molar-refractivity contribution is 0.901. The smallest absolute Gasteiger partial charge is 0.157 e. The third-order valence-corrected chi connectivity index (χ3v) is 4.43. The van der Waals surface area contributed by atoms with Gasteiger partial charge in [0.1, 0.15) is 5.15 Å². The quantitative estimate of drug-likeness (QED) is 0.631. The number of aryl methyl sites for hydroxylation is 1. The molecule has 1 aromatic carbocycles. The molecule has 0 unspecified atom stereocenters. The molecule has 0 bridgehead atoms. The van der Waals surface area contributed by atoms with Gasteiger partial charge in [-0.1, -0.05) is 41.4 Å². The van der Waals surface area contributed by atoms with E-state index < -0.39 is 0 Å². The monoisotopic (exact) mass is 303 g/mol. The maximum absolute atomic E-state index is 6.46. The molecule has 0 amide bonds. The number of hydrogen-bond acceptors (Lipinski definition) is 2. The zero-order valence-corrected chi connectivity index (χ0v) is 12.1. The number of rotatable bonds is 1. The molecule has 0 atom stereocenters. The second-order valence-electron chi connectivity index (χ2n) is 4.96. The van der Waals surface area contributed by atoms with E-state index in [9.17, 15) is 0 Å². The normalized spacial score (nSPS) is 13.9. The van der Waals surface area contributed by atoms with Gasteiger partial charge in [0, 0.05) is 22.9 Å². The highest BCUT2D eigenvalue weighted by Crippen LogP contribution is 2.31. The first-order chi connectivity index (χ1) is 9.74. The van der Waals surface area contributed by atoms with Crippen LogP contribution in [0.25, 0.3) is 16.9 Å². The van der Waals surface area contributed by atoms with Crippen molar-refractivity contribution in [2.24, 2.45) is 0 Å². The minimum Gasteiger partial charge on any atom is -0.233 e. The number of fused-ring (bicyclic) bond motifs is 2. The fourth-order valence-electron chi connectivity index (χ4n) is 2.74. The van der Waals surface area contributed by atoms with Crippen molar-refractivity contribution in [2.75, 3.05) is 0 Å². The second kappa shape index (κ2) is 4.47. The number of aromatic nitrogens is 3. The van der Waals surface area contributed by atoms with E-state index in [4.69, 9.17) is 23.2 Å². The summed E-state index contributed by atoms with van der Waals surface area (Å²) in [5.41, 5.74) is 4.72. The summed E-state index contributed by atoms with van der Waals surface area (Å²) < 4.78 is 1.71. The van der Waals surface area contributed by atoms with Gasteiger partial charge < -0.3 is 0 Å². The van der Waals surface area contributed by atoms with E-state index in [1.807, 2.05) is 30.3 Å². The standard InChI is InChI=1S/C15H11Cl2N3/c16-11-6-2-1-4-9(11)13-8-14-18-12-7-3-5-10(12)15(17)20(14)19-13/h1-2,4,6,8H,3,5,7H2. The van der Waals surface area contributed by atoms with Crippen LogP contribution in [0.15, 0.2) is 30.3 Å². The lowest BCUT2D eigenvalue weighted by Crippen LogP contribution is -1.99. The van der Waals surface area contributed by atoms with Gasteiger partial charge in [-0.25, -0.2) is 9.50 Å². The van der Waals surface area contributed by atoms with Gasteiger partial charge in [-0.3, -0.25) is 0 Å². The largest absolute Gasteiger partial charge is 0.233 e. The first-order valence-corrected chi connectivity index (χ1v) is 7.31. The van der Waals surface area contributed by atoms with Crippen LogP contribution in [0.3, 0.4) is 0 Å². The molecule has 100 valence electrons. The van der Waals surface area contributed by atoms with E-state index in [1.165, 1.54) is 0 Å². The summed E-state index contributed by atoms with van der Waals surface area (Å²) in [4.78, 5) is 4.67. The van der Waals surface area contributed by atoms with Crippen molar-refractivity contribution in [3.8, 4) is 11.3 Å². The van der Waals surface area contributed by atoms with Gasteiger partial charge in [-0.15, -0.1) is 0 Å². The van der Waals surface area contributed by atoms with E-state index in [0.29, 0.717) is 10.2 Å². The summed E-state index contributed by atoms with van der Waals surface area (Å²) in [7, 11) is 0. The molecule has 20 heavy (non-hydrogen) atoms. The Kier molecular flexibility index (Phi) is 2.72. The highest BCUT2D eigenvalue weighted by Gasteiger charge is 2.20. The highest BCUT2D eigenvalue weighted by atomic mass is 35.5. The van der Waals surface area contributed by atoms with Crippen molar-refractivity contribution >= 4 is 28.8 Å². The third-order valence-electron chi connectivity index (χ3n) is 3.71. The molecule has 0 N–H and O–H groups in total. The maximum Gasteiger partial charge on any atom is 0.157 e. The van der Waals surface area contributed by atoms with Crippen LogP contribution in [0.2, 0.25) is 10.2 Å². The Labute approximate surface area is 126 Å². The van der Waals surface area contributed by atoms with Gasteiger partial charge in [-0.05, 0) is 25.3 Å². The molecule has 2 heterocycles. The molecule has 0 fully saturated rings. The average molecular weight is 304 g/mol. The van der Waals surface area contributed by atoms with E-state index in [1.54, 1.807) is 4.52 Å². The van der Waals surface area contributed by atoms with Crippen LogP contribution in [0, 0.1) is 0 Å². The van der Waals surface area contributed by atoms with Crippen molar-refractivity contribution in [3.63, 3.8) is 0 Å². The molecule has 0 aliphatic heterocycles. The molecule has 2 aromatic heterocycles. The number of hydrogen-bond donors (Lipinski definition) is 0. The molecule has 5 heteroatoms. The molecular weight excluding hydrogens is 293 g/mol. The van der Waals surface area contributed by atoms with E-state index in [-0.39, 0.29) is 0 Å². The molecule has 4 rings (SSSR count). The molecule has 0 saturated heterocycles. The summed E-state index contributed by atoms with van der Waals surface area (Å²) in [6, 6.07) is 9.59. The molecule has 1 aliphatic carbocycles. The topological polar surface area (TPSA) is 30.2 Å². The van der Waals surface area contributed by atoms with Crippen LogP contribution >= 0.6 is 23.2 Å². The van der Waals surface area contributed by atoms with Crippen molar-refractivity contribution in [2.45, 2.75) is 19.3 Å². The molecule has 0 saturated carbocycles. The lowest BCUT2D eigenvalue weighted by atomic mass is 10.1. The van der Waals surface area contributed by atoms with Gasteiger partial charge in [0.15, 0.2) is 5.65 Å². The minimum absolute atomic E-state index is 0.680. The Morgan fingerprint density at radius 1 is 1.10 bits per heavy atom. The maximum atomic E-state index is 6.46. The van der Waals surface area contributed by atoms with E-state index in [2.05, 4.69) is 10.1 Å². The lowest BCUT2D eigenvalue weighted by Gasteiger charge is -2.03. The predicted molar refractivity (Wildman–Crippen MR) is 80.5 cm³/mol. The fraction of sp³-hybridized carbons (Fsp3) is 0.200. The zero-order chi connectivity index (χ0) is 13.7. The van der Waals surface area contributed by atoms with Gasteiger partial charge in [0.25, 0.3) is 0 Å². The second-order valence-corrected chi connectivity index (χ2v) is 5.73. The summed E-state index contributed by atoms with van der Waals surface area (Å²) in [5, 5.41) is 5.92. The molecule has 0 radical (unpaired) electrons. The Hall–Kier alpha value is -1.58. The summed E-state index contributed by atoms with van der Waals surface area (Å²) in [6.45, 7) is 0. The Bertz CT molecular complexity index is 823. The zero-order valence-electron chi connectivity index (χ0n) is 10.6. The van der Waals surface area contributed by atoms with Crippen LogP contribution in [-0.4, -0.2) is 14.6 Å². The molecule has 3 nitrogen and oxygen atoms in total. The Morgan fingerprint density at radius 2 is 1.95 bits per heavy atom. The van der Waals surface area contributed by atoms with Crippen molar-refractivity contribution in [1.82, 2.24) is 14.6 Å². The van der Waals surface area contributed by atoms with Crippen LogP contribution in [-0.2, 0) is 12.8 Å². The first kappa shape index (κ1) is 12.2. The van der Waals surface area contributed by atoms with Gasteiger partial charge >= 0.3 is 0 Å². The average Bonchev–Trinajstić information content (AvgIpc) is 3.06. The van der Waals surface area contributed by atoms with Crippen molar-refractivity contribution in [1.29, 1.82) is 0 Å². The summed E-state index contributed by atoms with van der Waals surface area (Å²) in [6.07, 6.45) is 3.10. The Morgan fingerprint density at radius 3 is 2.80 bits per heavy atom. The van der Waals surface area contributed by atoms with Crippen LogP contribution in [0.5, 0.6) is 0 Å². The third kappa shape index (κ3) is 1.74. The van der Waals surface area contributed by atoms with Crippen LogP contribution in [0.4, 0.5) is 0 Å². The number of benzene rings is 1. The van der Waals surface area contributed by atoms with Crippen LogP contribution in [0.1, 0.15) is 17.7 Å². The Balaban J connectivity index is 1.97. The van der Waals surface area contributed by atoms with Crippen LogP contribution < -0.4 is 0 Å². The van der Waals surface area contributed by atoms with Crippen molar-refractivity contribution in [3.05, 3.63) is 51.8 Å². The molecule has 0 spiro atoms. The molecule has 1 aliphatic rings. The first-order valence-electron chi connectivity index (χ1n) is 6.56. The minimum atomic E-state index is 0.680.